The number of nitrogens with zero attached hydrogens (tertiary/aromatic N) is 5. The molecule has 0 aliphatic rings. The van der Waals surface area contributed by atoms with Gasteiger partial charge in [0.05, 0.1) is 23.1 Å². The highest BCUT2D eigenvalue weighted by molar-refractivity contribution is 9.10. The maximum Gasteiger partial charge on any atom is 0.263 e. The average Bonchev–Trinajstić information content (AvgIpc) is 3.37. The summed E-state index contributed by atoms with van der Waals surface area (Å²) in [5.41, 5.74) is 1.68. The second kappa shape index (κ2) is 8.30. The van der Waals surface area contributed by atoms with Gasteiger partial charge in [0, 0.05) is 15.6 Å². The normalized spacial score (nSPS) is 11.1. The van der Waals surface area contributed by atoms with Crippen LogP contribution < -0.4 is 10.9 Å². The van der Waals surface area contributed by atoms with E-state index in [0.717, 1.165) is 0 Å². The summed E-state index contributed by atoms with van der Waals surface area (Å²) in [6.45, 7) is 1.78. The summed E-state index contributed by atoms with van der Waals surface area (Å²) >= 11 is 9.50. The third-order valence-corrected chi connectivity index (χ3v) is 5.80. The van der Waals surface area contributed by atoms with Gasteiger partial charge in [0.15, 0.2) is 5.65 Å². The summed E-state index contributed by atoms with van der Waals surface area (Å²) in [6, 6.07) is 15.8. The first-order chi connectivity index (χ1) is 15.9. The molecule has 5 rings (SSSR count). The van der Waals surface area contributed by atoms with Gasteiger partial charge in [-0.05, 0) is 53.2 Å². The Bertz CT molecular complexity index is 1590. The fourth-order valence-corrected chi connectivity index (χ4v) is 4.03. The van der Waals surface area contributed by atoms with Crippen LogP contribution >= 0.6 is 27.5 Å². The smallest absolute Gasteiger partial charge is 0.263 e. The first kappa shape index (κ1) is 21.1. The number of anilines is 1. The molecule has 2 N–H and O–H groups in total. The summed E-state index contributed by atoms with van der Waals surface area (Å²) in [6.07, 6.45) is 1.44. The molecule has 164 valence electrons. The first-order valence-corrected chi connectivity index (χ1v) is 10.9. The zero-order valence-corrected chi connectivity index (χ0v) is 19.4. The number of H-pyrrole nitrogens is 1. The molecular weight excluding hydrogens is 510 g/mol. The standard InChI is InChI=1S/C22H15BrClN7O2/c1-12-9-18(26-20(32)15-7-2-3-8-17(15)23)31(29-12)22-27-19-16(21(33)28-22)11-25-30(19)14-6-4-5-13(24)10-14/h2-11H,1H3,(H,26,32)(H,27,28,33). The molecule has 0 fully saturated rings. The van der Waals surface area contributed by atoms with Gasteiger partial charge in [-0.25, -0.2) is 4.68 Å². The Morgan fingerprint density at radius 1 is 1.12 bits per heavy atom. The Morgan fingerprint density at radius 2 is 1.94 bits per heavy atom. The molecule has 0 unspecified atom stereocenters. The molecule has 3 aromatic heterocycles. The number of carbonyl (C=O) groups excluding carboxylic acids is 1. The zero-order chi connectivity index (χ0) is 23.1. The number of benzene rings is 2. The maximum atomic E-state index is 12.8. The zero-order valence-electron chi connectivity index (χ0n) is 17.1. The number of amides is 1. The topological polar surface area (TPSA) is 110 Å². The second-order valence-corrected chi connectivity index (χ2v) is 8.47. The summed E-state index contributed by atoms with van der Waals surface area (Å²) in [7, 11) is 0. The molecule has 0 aliphatic carbocycles. The van der Waals surface area contributed by atoms with Crippen molar-refractivity contribution in [2.75, 3.05) is 5.32 Å². The van der Waals surface area contributed by atoms with Gasteiger partial charge in [-0.15, -0.1) is 0 Å². The van der Waals surface area contributed by atoms with Crippen LogP contribution in [0.25, 0.3) is 22.7 Å². The lowest BCUT2D eigenvalue weighted by atomic mass is 10.2. The Labute approximate surface area is 200 Å². The largest absolute Gasteiger partial charge is 0.306 e. The molecule has 5 aromatic rings. The highest BCUT2D eigenvalue weighted by atomic mass is 79.9. The molecule has 2 aromatic carbocycles. The monoisotopic (exact) mass is 523 g/mol. The van der Waals surface area contributed by atoms with Crippen LogP contribution in [-0.4, -0.2) is 35.4 Å². The Hall–Kier alpha value is -3.76. The summed E-state index contributed by atoms with van der Waals surface area (Å²) in [4.78, 5) is 32.9. The summed E-state index contributed by atoms with van der Waals surface area (Å²) in [5, 5.41) is 12.4. The van der Waals surface area contributed by atoms with Crippen molar-refractivity contribution in [1.82, 2.24) is 29.5 Å². The predicted molar refractivity (Wildman–Crippen MR) is 128 cm³/mol. The fraction of sp³-hybridized carbons (Fsp3) is 0.0455. The number of rotatable bonds is 4. The summed E-state index contributed by atoms with van der Waals surface area (Å²) < 4.78 is 3.55. The van der Waals surface area contributed by atoms with E-state index in [0.29, 0.717) is 43.3 Å². The minimum Gasteiger partial charge on any atom is -0.306 e. The quantitative estimate of drug-likeness (QED) is 0.365. The molecule has 3 heterocycles. The molecule has 1 amide bonds. The number of carbonyl (C=O) groups is 1. The number of halogens is 2. The van der Waals surface area contributed by atoms with Gasteiger partial charge in [0.25, 0.3) is 11.5 Å². The lowest BCUT2D eigenvalue weighted by molar-refractivity contribution is 0.102. The van der Waals surface area contributed by atoms with Crippen LogP contribution in [0.1, 0.15) is 16.1 Å². The van der Waals surface area contributed by atoms with Gasteiger partial charge in [-0.1, -0.05) is 29.8 Å². The number of aryl methyl sites for hydroxylation is 1. The van der Waals surface area contributed by atoms with Crippen LogP contribution in [0.3, 0.4) is 0 Å². The number of hydrogen-bond acceptors (Lipinski definition) is 5. The summed E-state index contributed by atoms with van der Waals surface area (Å²) in [5.74, 6) is 0.146. The van der Waals surface area contributed by atoms with E-state index in [1.807, 2.05) is 12.1 Å². The number of nitrogens with one attached hydrogen (secondary N) is 2. The van der Waals surface area contributed by atoms with Gasteiger partial charge < -0.3 is 5.32 Å². The number of aromatic nitrogens is 6. The van der Waals surface area contributed by atoms with Crippen LogP contribution in [0.2, 0.25) is 5.02 Å². The van der Waals surface area contributed by atoms with Crippen molar-refractivity contribution < 1.29 is 4.79 Å². The van der Waals surface area contributed by atoms with Crippen molar-refractivity contribution in [1.29, 1.82) is 0 Å². The van der Waals surface area contributed by atoms with Gasteiger partial charge in [0.1, 0.15) is 11.2 Å². The molecule has 9 nitrogen and oxygen atoms in total. The third-order valence-electron chi connectivity index (χ3n) is 4.87. The van der Waals surface area contributed by atoms with E-state index in [9.17, 15) is 9.59 Å². The van der Waals surface area contributed by atoms with Crippen molar-refractivity contribution in [3.05, 3.63) is 91.9 Å². The molecule has 33 heavy (non-hydrogen) atoms. The Balaban J connectivity index is 1.60. The first-order valence-electron chi connectivity index (χ1n) is 9.77. The van der Waals surface area contributed by atoms with Gasteiger partial charge in [-0.2, -0.15) is 19.9 Å². The second-order valence-electron chi connectivity index (χ2n) is 7.18. The molecule has 0 atom stereocenters. The van der Waals surface area contributed by atoms with Crippen LogP contribution in [0, 0.1) is 6.92 Å². The van der Waals surface area contributed by atoms with E-state index >= 15 is 0 Å². The Kier molecular flexibility index (Phi) is 5.31. The van der Waals surface area contributed by atoms with Gasteiger partial charge in [-0.3, -0.25) is 14.6 Å². The average molecular weight is 525 g/mol. The number of hydrogen-bond donors (Lipinski definition) is 2. The molecule has 0 saturated heterocycles. The highest BCUT2D eigenvalue weighted by Gasteiger charge is 2.18. The lowest BCUT2D eigenvalue weighted by Crippen LogP contribution is -2.19. The van der Waals surface area contributed by atoms with E-state index in [1.54, 1.807) is 49.4 Å². The SMILES string of the molecule is Cc1cc(NC(=O)c2ccccc2Br)n(-c2nc3c(cnn3-c3cccc(Cl)c3)c(=O)[nH]2)n1. The lowest BCUT2D eigenvalue weighted by Gasteiger charge is -2.10. The minimum absolute atomic E-state index is 0.131. The van der Waals surface area contributed by atoms with E-state index in [4.69, 9.17) is 11.6 Å². The van der Waals surface area contributed by atoms with E-state index in [1.165, 1.54) is 15.6 Å². The molecular formula is C22H15BrClN7O2. The minimum atomic E-state index is -0.389. The van der Waals surface area contributed by atoms with E-state index in [2.05, 4.69) is 41.4 Å². The van der Waals surface area contributed by atoms with Crippen molar-refractivity contribution >= 4 is 50.3 Å². The van der Waals surface area contributed by atoms with Crippen molar-refractivity contribution in [2.45, 2.75) is 6.92 Å². The van der Waals surface area contributed by atoms with E-state index < -0.39 is 0 Å². The van der Waals surface area contributed by atoms with Crippen molar-refractivity contribution in [3.8, 4) is 11.6 Å². The molecule has 0 aliphatic heterocycles. The maximum absolute atomic E-state index is 12.8. The van der Waals surface area contributed by atoms with Gasteiger partial charge >= 0.3 is 0 Å². The fourth-order valence-electron chi connectivity index (χ4n) is 3.38. The molecule has 11 heteroatoms. The Morgan fingerprint density at radius 3 is 2.73 bits per heavy atom. The van der Waals surface area contributed by atoms with E-state index in [-0.39, 0.29) is 17.4 Å². The molecule has 0 bridgehead atoms. The van der Waals surface area contributed by atoms with Crippen LogP contribution in [-0.2, 0) is 0 Å². The number of aromatic amines is 1. The van der Waals surface area contributed by atoms with Crippen LogP contribution in [0.5, 0.6) is 0 Å². The number of fused-ring (bicyclic) bond motifs is 1. The third kappa shape index (κ3) is 3.94. The van der Waals surface area contributed by atoms with Crippen LogP contribution in [0.4, 0.5) is 5.82 Å². The van der Waals surface area contributed by atoms with Crippen molar-refractivity contribution in [2.24, 2.45) is 0 Å². The van der Waals surface area contributed by atoms with Crippen molar-refractivity contribution in [3.63, 3.8) is 0 Å². The van der Waals surface area contributed by atoms with Crippen LogP contribution in [0.15, 0.2) is 70.1 Å². The molecule has 0 saturated carbocycles. The highest BCUT2D eigenvalue weighted by Crippen LogP contribution is 2.21. The molecule has 0 spiro atoms. The molecule has 0 radical (unpaired) electrons. The van der Waals surface area contributed by atoms with Gasteiger partial charge in [0.2, 0.25) is 5.95 Å². The predicted octanol–water partition coefficient (Wildman–Crippen LogP) is 4.27.